The molecule has 1 heterocycles. The third-order valence-corrected chi connectivity index (χ3v) is 4.22. The van der Waals surface area contributed by atoms with E-state index in [1.54, 1.807) is 0 Å². The molecule has 3 nitrogen and oxygen atoms in total. The summed E-state index contributed by atoms with van der Waals surface area (Å²) in [4.78, 5) is 15.3. The third-order valence-electron chi connectivity index (χ3n) is 4.22. The predicted molar refractivity (Wildman–Crippen MR) is 86.1 cm³/mol. The van der Waals surface area contributed by atoms with Gasteiger partial charge in [-0.05, 0) is 24.3 Å². The molecular formula is C18H8F13NO2. The van der Waals surface area contributed by atoms with Crippen LogP contribution in [0, 0.1) is 0 Å². The van der Waals surface area contributed by atoms with Crippen molar-refractivity contribution in [3.63, 3.8) is 0 Å². The highest BCUT2D eigenvalue weighted by atomic mass is 19.4. The van der Waals surface area contributed by atoms with Crippen LogP contribution < -0.4 is 4.74 Å². The van der Waals surface area contributed by atoms with E-state index in [0.717, 1.165) is 18.3 Å². The average molecular weight is 517 g/mol. The van der Waals surface area contributed by atoms with Crippen LogP contribution in [0.15, 0.2) is 48.7 Å². The molecule has 0 bridgehead atoms. The van der Waals surface area contributed by atoms with E-state index in [0.29, 0.717) is 6.07 Å². The Morgan fingerprint density at radius 3 is 1.65 bits per heavy atom. The average Bonchev–Trinajstić information content (AvgIpc) is 2.73. The number of nitrogens with zero attached hydrogens (tertiary/aromatic N) is 1. The lowest BCUT2D eigenvalue weighted by molar-refractivity contribution is -0.436. The fraction of sp³-hybridized carbons (Fsp3) is 0.333. The van der Waals surface area contributed by atoms with Crippen LogP contribution in [0.5, 0.6) is 5.75 Å². The van der Waals surface area contributed by atoms with Crippen LogP contribution in [0.25, 0.3) is 11.3 Å². The summed E-state index contributed by atoms with van der Waals surface area (Å²) >= 11 is 0. The van der Waals surface area contributed by atoms with Crippen molar-refractivity contribution in [3.8, 4) is 17.0 Å². The van der Waals surface area contributed by atoms with Crippen molar-refractivity contribution in [3.05, 3.63) is 48.7 Å². The van der Waals surface area contributed by atoms with Gasteiger partial charge in [-0.1, -0.05) is 18.2 Å². The minimum atomic E-state index is -8.11. The molecule has 2 aromatic rings. The summed E-state index contributed by atoms with van der Waals surface area (Å²) in [6, 6.07) is 7.74. The summed E-state index contributed by atoms with van der Waals surface area (Å²) in [6.45, 7) is 0. The molecule has 16 heteroatoms. The van der Waals surface area contributed by atoms with E-state index < -0.39 is 47.5 Å². The fourth-order valence-electron chi connectivity index (χ4n) is 2.35. The normalized spacial score (nSPS) is 14.1. The molecule has 34 heavy (non-hydrogen) atoms. The number of hydrogen-bond acceptors (Lipinski definition) is 3. The molecule has 0 spiro atoms. The van der Waals surface area contributed by atoms with Gasteiger partial charge in [0, 0.05) is 11.8 Å². The Balaban J connectivity index is 2.48. The first kappa shape index (κ1) is 27.2. The van der Waals surface area contributed by atoms with Gasteiger partial charge in [-0.2, -0.15) is 57.1 Å². The number of halogens is 13. The maximum atomic E-state index is 13.9. The minimum Gasteiger partial charge on any atom is -0.421 e. The van der Waals surface area contributed by atoms with Gasteiger partial charge >= 0.3 is 41.8 Å². The van der Waals surface area contributed by atoms with Gasteiger partial charge in [0.2, 0.25) is 0 Å². The lowest BCUT2D eigenvalue weighted by Crippen LogP contribution is -2.71. The molecule has 1 aromatic carbocycles. The number of pyridine rings is 1. The molecule has 0 aliphatic rings. The van der Waals surface area contributed by atoms with Gasteiger partial charge in [0.25, 0.3) is 0 Å². The van der Waals surface area contributed by atoms with E-state index in [-0.39, 0.29) is 11.3 Å². The molecule has 2 rings (SSSR count). The van der Waals surface area contributed by atoms with Crippen LogP contribution >= 0.6 is 0 Å². The minimum absolute atomic E-state index is 0.136. The lowest BCUT2D eigenvalue weighted by atomic mass is 9.94. The summed E-state index contributed by atoms with van der Waals surface area (Å²) in [5.74, 6) is -43.6. The quantitative estimate of drug-likeness (QED) is 0.243. The van der Waals surface area contributed by atoms with Crippen molar-refractivity contribution >= 4 is 5.97 Å². The van der Waals surface area contributed by atoms with Crippen molar-refractivity contribution < 1.29 is 66.6 Å². The van der Waals surface area contributed by atoms with Gasteiger partial charge in [-0.25, -0.2) is 4.79 Å². The second-order valence-electron chi connectivity index (χ2n) is 6.47. The zero-order valence-corrected chi connectivity index (χ0v) is 15.8. The molecule has 0 amide bonds. The molecule has 188 valence electrons. The number of carbonyl (C=O) groups excluding carboxylic acids is 1. The highest BCUT2D eigenvalue weighted by Gasteiger charge is 2.92. The number of carbonyl (C=O) groups is 1. The number of aromatic nitrogens is 1. The van der Waals surface area contributed by atoms with Gasteiger partial charge in [0.05, 0.1) is 5.69 Å². The fourth-order valence-corrected chi connectivity index (χ4v) is 2.35. The molecule has 0 saturated carbocycles. The Bertz CT molecular complexity index is 1040. The number of ether oxygens (including phenoxy) is 1. The smallest absolute Gasteiger partial charge is 0.421 e. The maximum Gasteiger partial charge on any atom is 0.460 e. The second kappa shape index (κ2) is 8.30. The number of alkyl halides is 13. The number of hydrogen-bond donors (Lipinski definition) is 0. The number of benzene rings is 1. The maximum absolute atomic E-state index is 13.9. The molecule has 0 radical (unpaired) electrons. The van der Waals surface area contributed by atoms with E-state index in [1.165, 1.54) is 24.3 Å². The van der Waals surface area contributed by atoms with Crippen LogP contribution in [0.4, 0.5) is 57.1 Å². The van der Waals surface area contributed by atoms with Crippen molar-refractivity contribution in [2.24, 2.45) is 0 Å². The van der Waals surface area contributed by atoms with E-state index in [2.05, 4.69) is 9.72 Å². The summed E-state index contributed by atoms with van der Waals surface area (Å²) in [7, 11) is 0. The molecule has 0 fully saturated rings. The van der Waals surface area contributed by atoms with Crippen LogP contribution in [-0.2, 0) is 4.79 Å². The van der Waals surface area contributed by atoms with E-state index in [9.17, 15) is 61.9 Å². The molecule has 0 aliphatic heterocycles. The van der Waals surface area contributed by atoms with Crippen molar-refractivity contribution in [2.45, 2.75) is 35.8 Å². The van der Waals surface area contributed by atoms with Crippen LogP contribution in [-0.4, -0.2) is 46.7 Å². The van der Waals surface area contributed by atoms with Crippen LogP contribution in [0.1, 0.15) is 0 Å². The molecule has 0 saturated heterocycles. The second-order valence-corrected chi connectivity index (χ2v) is 6.47. The first-order chi connectivity index (χ1) is 15.2. The summed E-state index contributed by atoms with van der Waals surface area (Å²) in [5, 5.41) is 0. The molecular weight excluding hydrogens is 509 g/mol. The zero-order chi connectivity index (χ0) is 26.4. The Morgan fingerprint density at radius 1 is 0.647 bits per heavy atom. The van der Waals surface area contributed by atoms with Gasteiger partial charge < -0.3 is 4.74 Å². The van der Waals surface area contributed by atoms with Gasteiger partial charge in [0.1, 0.15) is 5.75 Å². The Kier molecular flexibility index (Phi) is 6.64. The SMILES string of the molecule is O=C(Oc1ccccc1-c1ccccn1)C(F)(F)C(F)(F)C(F)(F)C(F)(F)C(F)(F)C(F)(F)F. The van der Waals surface area contributed by atoms with Crippen molar-refractivity contribution in [2.75, 3.05) is 0 Å². The largest absolute Gasteiger partial charge is 0.460 e. The number of esters is 1. The monoisotopic (exact) mass is 517 g/mol. The molecule has 1 aromatic heterocycles. The Labute approximate surface area is 180 Å². The standard InChI is InChI=1S/C18H8F13NO2/c19-13(20,14(21,22)15(23,24)16(25,26)17(27,28)18(29,30)31)12(33)34-11-7-2-1-5-9(11)10-6-3-4-8-32-10/h1-8H. The van der Waals surface area contributed by atoms with Crippen molar-refractivity contribution in [1.82, 2.24) is 4.98 Å². The summed E-state index contributed by atoms with van der Waals surface area (Å²) < 4.78 is 175. The Hall–Kier alpha value is -3.07. The van der Waals surface area contributed by atoms with E-state index in [4.69, 9.17) is 0 Å². The molecule has 0 atom stereocenters. The highest BCUT2D eigenvalue weighted by molar-refractivity contribution is 5.83. The molecule has 0 aliphatic carbocycles. The Morgan fingerprint density at radius 2 is 1.15 bits per heavy atom. The van der Waals surface area contributed by atoms with Crippen LogP contribution in [0.3, 0.4) is 0 Å². The van der Waals surface area contributed by atoms with Gasteiger partial charge in [0.15, 0.2) is 0 Å². The molecule has 0 N–H and O–H groups in total. The van der Waals surface area contributed by atoms with Gasteiger partial charge in [-0.3, -0.25) is 4.98 Å². The number of para-hydroxylation sites is 1. The first-order valence-electron chi connectivity index (χ1n) is 8.42. The van der Waals surface area contributed by atoms with E-state index >= 15 is 0 Å². The summed E-state index contributed by atoms with van der Waals surface area (Å²) in [6.07, 6.45) is -6.41. The summed E-state index contributed by atoms with van der Waals surface area (Å²) in [5.41, 5.74) is -0.501. The van der Waals surface area contributed by atoms with Crippen LogP contribution in [0.2, 0.25) is 0 Å². The van der Waals surface area contributed by atoms with E-state index in [1.807, 2.05) is 0 Å². The third kappa shape index (κ3) is 4.02. The first-order valence-corrected chi connectivity index (χ1v) is 8.42. The predicted octanol–water partition coefficient (Wildman–Crippen LogP) is 6.39. The van der Waals surface area contributed by atoms with Gasteiger partial charge in [-0.15, -0.1) is 0 Å². The molecule has 0 unspecified atom stereocenters. The lowest BCUT2D eigenvalue weighted by Gasteiger charge is -2.38. The zero-order valence-electron chi connectivity index (χ0n) is 15.8. The topological polar surface area (TPSA) is 39.2 Å². The number of rotatable bonds is 7. The van der Waals surface area contributed by atoms with Crippen molar-refractivity contribution in [1.29, 1.82) is 0 Å². The highest BCUT2D eigenvalue weighted by Crippen LogP contribution is 2.60.